The average molecular weight is 402 g/mol. The van der Waals surface area contributed by atoms with Crippen molar-refractivity contribution in [2.75, 3.05) is 33.4 Å². The van der Waals surface area contributed by atoms with E-state index < -0.39 is 5.60 Å². The number of hydrogen-bond acceptors (Lipinski definition) is 6. The molecule has 4 rings (SSSR count). The van der Waals surface area contributed by atoms with Crippen molar-refractivity contribution < 1.29 is 9.84 Å². The minimum Gasteiger partial charge on any atom is -0.383 e. The van der Waals surface area contributed by atoms with Crippen LogP contribution in [-0.2, 0) is 23.4 Å². The highest BCUT2D eigenvalue weighted by atomic mass is 32.1. The Kier molecular flexibility index (Phi) is 6.43. The van der Waals surface area contributed by atoms with Crippen LogP contribution in [0.25, 0.3) is 0 Å². The summed E-state index contributed by atoms with van der Waals surface area (Å²) in [6.07, 6.45) is 3.93. The lowest BCUT2D eigenvalue weighted by Crippen LogP contribution is -2.42. The van der Waals surface area contributed by atoms with Gasteiger partial charge in [0.25, 0.3) is 0 Å². The van der Waals surface area contributed by atoms with Crippen molar-refractivity contribution in [3.05, 3.63) is 52.0 Å². The summed E-state index contributed by atoms with van der Waals surface area (Å²) in [6, 6.07) is 11.1. The van der Waals surface area contributed by atoms with E-state index in [1.54, 1.807) is 18.4 Å². The maximum absolute atomic E-state index is 11.2. The van der Waals surface area contributed by atoms with Crippen molar-refractivity contribution in [3.8, 4) is 0 Å². The number of aliphatic hydroxyl groups is 1. The third-order valence-corrected chi connectivity index (χ3v) is 6.99. The molecule has 0 spiro atoms. The lowest BCUT2D eigenvalue weighted by atomic mass is 9.88. The molecular formula is C22H31N3O2S. The van der Waals surface area contributed by atoms with Gasteiger partial charge >= 0.3 is 0 Å². The number of benzene rings is 1. The van der Waals surface area contributed by atoms with Crippen LogP contribution in [0.15, 0.2) is 35.7 Å². The van der Waals surface area contributed by atoms with E-state index in [0.717, 1.165) is 62.9 Å². The van der Waals surface area contributed by atoms with E-state index in [2.05, 4.69) is 45.5 Å². The maximum atomic E-state index is 11.2. The smallest absolute Gasteiger partial charge is 0.110 e. The van der Waals surface area contributed by atoms with Crippen molar-refractivity contribution in [3.63, 3.8) is 0 Å². The van der Waals surface area contributed by atoms with Crippen LogP contribution in [-0.4, -0.2) is 59.3 Å². The van der Waals surface area contributed by atoms with Gasteiger partial charge in [0.1, 0.15) is 10.6 Å². The van der Waals surface area contributed by atoms with Gasteiger partial charge in [0.2, 0.25) is 0 Å². The number of aromatic nitrogens is 1. The first-order valence-electron chi connectivity index (χ1n) is 10.3. The van der Waals surface area contributed by atoms with Crippen LogP contribution < -0.4 is 0 Å². The van der Waals surface area contributed by atoms with Gasteiger partial charge in [-0.3, -0.25) is 9.80 Å². The topological polar surface area (TPSA) is 48.8 Å². The number of ether oxygens (including phenoxy) is 1. The Bertz CT molecular complexity index is 743. The minimum absolute atomic E-state index is 0.502. The standard InChI is InChI=1S/C22H31N3O2S/c1-27-16-19-8-5-11-25(19)15-21-23-20(17-28-21)22(26)9-12-24(13-10-22)14-18-6-3-2-4-7-18/h2-4,6-7,17,19,26H,5,8-16H2,1H3. The number of piperidine rings is 1. The van der Waals surface area contributed by atoms with Gasteiger partial charge in [-0.05, 0) is 37.8 Å². The van der Waals surface area contributed by atoms with Crippen molar-refractivity contribution in [1.82, 2.24) is 14.8 Å². The zero-order chi connectivity index (χ0) is 19.4. The fourth-order valence-corrected chi connectivity index (χ4v) is 5.35. The fraction of sp³-hybridized carbons (Fsp3) is 0.591. The van der Waals surface area contributed by atoms with E-state index in [1.165, 1.54) is 18.4 Å². The molecule has 1 aromatic carbocycles. The fourth-order valence-electron chi connectivity index (χ4n) is 4.43. The van der Waals surface area contributed by atoms with Crippen LogP contribution in [0.1, 0.15) is 41.9 Å². The summed E-state index contributed by atoms with van der Waals surface area (Å²) in [7, 11) is 1.78. The van der Waals surface area contributed by atoms with Gasteiger partial charge in [-0.1, -0.05) is 30.3 Å². The number of likely N-dealkylation sites (tertiary alicyclic amines) is 2. The molecule has 2 saturated heterocycles. The summed E-state index contributed by atoms with van der Waals surface area (Å²) in [5, 5.41) is 14.4. The molecular weight excluding hydrogens is 370 g/mol. The third kappa shape index (κ3) is 4.63. The molecule has 2 aliphatic rings. The molecule has 1 N–H and O–H groups in total. The van der Waals surface area contributed by atoms with E-state index in [9.17, 15) is 5.11 Å². The number of thiazole rings is 1. The van der Waals surface area contributed by atoms with Crippen molar-refractivity contribution >= 4 is 11.3 Å². The van der Waals surface area contributed by atoms with Gasteiger partial charge in [-0.25, -0.2) is 4.98 Å². The average Bonchev–Trinajstić information content (AvgIpc) is 3.36. The zero-order valence-corrected chi connectivity index (χ0v) is 17.5. The molecule has 0 aliphatic carbocycles. The monoisotopic (exact) mass is 401 g/mol. The Labute approximate surface area is 172 Å². The molecule has 152 valence electrons. The molecule has 5 nitrogen and oxygen atoms in total. The third-order valence-electron chi connectivity index (χ3n) is 6.16. The largest absolute Gasteiger partial charge is 0.383 e. The normalized spacial score (nSPS) is 23.3. The predicted molar refractivity (Wildman–Crippen MR) is 112 cm³/mol. The predicted octanol–water partition coefficient (Wildman–Crippen LogP) is 3.24. The van der Waals surface area contributed by atoms with Crippen molar-refractivity contribution in [1.29, 1.82) is 0 Å². The minimum atomic E-state index is -0.779. The van der Waals surface area contributed by atoms with Crippen molar-refractivity contribution in [2.24, 2.45) is 0 Å². The van der Waals surface area contributed by atoms with Gasteiger partial charge < -0.3 is 9.84 Å². The summed E-state index contributed by atoms with van der Waals surface area (Å²) in [5.41, 5.74) is 1.42. The van der Waals surface area contributed by atoms with Crippen LogP contribution in [0.3, 0.4) is 0 Å². The Morgan fingerprint density at radius 1 is 1.18 bits per heavy atom. The Morgan fingerprint density at radius 2 is 1.96 bits per heavy atom. The molecule has 0 amide bonds. The second-order valence-electron chi connectivity index (χ2n) is 8.14. The molecule has 28 heavy (non-hydrogen) atoms. The number of rotatable bonds is 7. The molecule has 6 heteroatoms. The van der Waals surface area contributed by atoms with Crippen molar-refractivity contribution in [2.45, 2.75) is 50.4 Å². The van der Waals surface area contributed by atoms with Gasteiger partial charge in [-0.2, -0.15) is 0 Å². The molecule has 1 aromatic heterocycles. The summed E-state index contributed by atoms with van der Waals surface area (Å²) >= 11 is 1.68. The van der Waals surface area contributed by atoms with E-state index in [0.29, 0.717) is 6.04 Å². The molecule has 3 heterocycles. The molecule has 0 bridgehead atoms. The second-order valence-corrected chi connectivity index (χ2v) is 9.08. The van der Waals surface area contributed by atoms with Crippen LogP contribution in [0.2, 0.25) is 0 Å². The lowest BCUT2D eigenvalue weighted by Gasteiger charge is -2.37. The van der Waals surface area contributed by atoms with E-state index in [4.69, 9.17) is 9.72 Å². The summed E-state index contributed by atoms with van der Waals surface area (Å²) < 4.78 is 5.36. The van der Waals surface area contributed by atoms with Crippen LogP contribution in [0.5, 0.6) is 0 Å². The van der Waals surface area contributed by atoms with E-state index in [-0.39, 0.29) is 0 Å². The quantitative estimate of drug-likeness (QED) is 0.772. The number of hydrogen-bond donors (Lipinski definition) is 1. The van der Waals surface area contributed by atoms with Crippen LogP contribution in [0.4, 0.5) is 0 Å². The molecule has 2 aromatic rings. The van der Waals surface area contributed by atoms with Crippen LogP contribution >= 0.6 is 11.3 Å². The Hall–Kier alpha value is -1.31. The SMILES string of the molecule is COCC1CCCN1Cc1nc(C2(O)CCN(Cc3ccccc3)CC2)cs1. The van der Waals surface area contributed by atoms with E-state index >= 15 is 0 Å². The number of nitrogens with zero attached hydrogens (tertiary/aromatic N) is 3. The highest BCUT2D eigenvalue weighted by molar-refractivity contribution is 7.09. The first-order valence-corrected chi connectivity index (χ1v) is 11.2. The van der Waals surface area contributed by atoms with Crippen LogP contribution in [0, 0.1) is 0 Å². The molecule has 1 atom stereocenters. The first-order chi connectivity index (χ1) is 13.7. The lowest BCUT2D eigenvalue weighted by molar-refractivity contribution is -0.0308. The summed E-state index contributed by atoms with van der Waals surface area (Å²) in [6.45, 7) is 5.53. The molecule has 0 saturated carbocycles. The Balaban J connectivity index is 1.33. The van der Waals surface area contributed by atoms with Gasteiger partial charge in [0.15, 0.2) is 0 Å². The second kappa shape index (κ2) is 9.01. The van der Waals surface area contributed by atoms with Gasteiger partial charge in [0, 0.05) is 38.2 Å². The number of methoxy groups -OCH3 is 1. The van der Waals surface area contributed by atoms with Gasteiger partial charge in [-0.15, -0.1) is 11.3 Å². The Morgan fingerprint density at radius 3 is 2.71 bits per heavy atom. The maximum Gasteiger partial charge on any atom is 0.110 e. The van der Waals surface area contributed by atoms with Gasteiger partial charge in [0.05, 0.1) is 18.8 Å². The summed E-state index contributed by atoms with van der Waals surface area (Å²) in [5.74, 6) is 0. The summed E-state index contributed by atoms with van der Waals surface area (Å²) in [4.78, 5) is 9.74. The molecule has 2 fully saturated rings. The highest BCUT2D eigenvalue weighted by Crippen LogP contribution is 2.34. The zero-order valence-electron chi connectivity index (χ0n) is 16.7. The molecule has 0 radical (unpaired) electrons. The van der Waals surface area contributed by atoms with E-state index in [1.807, 2.05) is 0 Å². The first kappa shape index (κ1) is 20.0. The highest BCUT2D eigenvalue weighted by Gasteiger charge is 2.36. The molecule has 2 aliphatic heterocycles. The molecule has 1 unspecified atom stereocenters.